The zero-order chi connectivity index (χ0) is 14.3. The number of nitrogens with one attached hydrogen (secondary N) is 1. The molecule has 3 rings (SSSR count). The molecule has 4 heteroatoms. The van der Waals surface area contributed by atoms with Gasteiger partial charge in [0.25, 0.3) is 0 Å². The molecule has 2 unspecified atom stereocenters. The van der Waals surface area contributed by atoms with Crippen LogP contribution in [0.4, 0.5) is 5.69 Å². The van der Waals surface area contributed by atoms with E-state index in [1.54, 1.807) is 7.11 Å². The Morgan fingerprint density at radius 1 is 1.25 bits per heavy atom. The van der Waals surface area contributed by atoms with Gasteiger partial charge in [0.2, 0.25) is 0 Å². The molecule has 2 fully saturated rings. The summed E-state index contributed by atoms with van der Waals surface area (Å²) >= 11 is 3.54. The Labute approximate surface area is 129 Å². The average molecular weight is 339 g/mol. The maximum atomic E-state index is 5.54. The van der Waals surface area contributed by atoms with E-state index in [2.05, 4.69) is 46.2 Å². The number of benzene rings is 1. The highest BCUT2D eigenvalue weighted by atomic mass is 79.9. The molecule has 0 amide bonds. The minimum Gasteiger partial charge on any atom is -0.495 e. The Hall–Kier alpha value is -0.740. The lowest BCUT2D eigenvalue weighted by atomic mass is 9.97. The van der Waals surface area contributed by atoms with E-state index in [0.717, 1.165) is 28.0 Å². The number of aryl methyl sites for hydroxylation is 1. The summed E-state index contributed by atoms with van der Waals surface area (Å²) in [6, 6.07) is 6.27. The number of fused-ring (bicyclic) bond motifs is 2. The molecule has 2 saturated heterocycles. The van der Waals surface area contributed by atoms with E-state index in [-0.39, 0.29) is 0 Å². The minimum atomic E-state index is 0.567. The Morgan fingerprint density at radius 2 is 1.90 bits per heavy atom. The summed E-state index contributed by atoms with van der Waals surface area (Å²) in [5, 5.41) is 3.74. The number of rotatable bonds is 3. The van der Waals surface area contributed by atoms with E-state index in [9.17, 15) is 0 Å². The van der Waals surface area contributed by atoms with Gasteiger partial charge in [-0.15, -0.1) is 0 Å². The summed E-state index contributed by atoms with van der Waals surface area (Å²) < 4.78 is 6.61. The van der Waals surface area contributed by atoms with Gasteiger partial charge in [0, 0.05) is 22.6 Å². The van der Waals surface area contributed by atoms with Crippen LogP contribution in [0.15, 0.2) is 16.6 Å². The van der Waals surface area contributed by atoms with Crippen molar-refractivity contribution in [3.8, 4) is 5.75 Å². The molecule has 1 aromatic carbocycles. The van der Waals surface area contributed by atoms with Gasteiger partial charge in [-0.25, -0.2) is 0 Å². The zero-order valence-electron chi connectivity index (χ0n) is 12.4. The molecule has 2 aliphatic heterocycles. The number of hydrogen-bond acceptors (Lipinski definition) is 3. The first-order chi connectivity index (χ1) is 9.58. The molecule has 0 aromatic heterocycles. The number of piperidine rings is 1. The van der Waals surface area contributed by atoms with Crippen LogP contribution in [0.25, 0.3) is 0 Å². The summed E-state index contributed by atoms with van der Waals surface area (Å²) in [7, 11) is 4.02. The first-order valence-corrected chi connectivity index (χ1v) is 8.20. The third-order valence-corrected chi connectivity index (χ3v) is 5.39. The summed E-state index contributed by atoms with van der Waals surface area (Å²) in [4.78, 5) is 2.57. The summed E-state index contributed by atoms with van der Waals surface area (Å²) in [5.74, 6) is 0.933. The van der Waals surface area contributed by atoms with Crippen molar-refractivity contribution in [2.75, 3.05) is 19.5 Å². The fourth-order valence-electron chi connectivity index (χ4n) is 3.79. The Morgan fingerprint density at radius 3 is 2.50 bits per heavy atom. The van der Waals surface area contributed by atoms with Crippen molar-refractivity contribution >= 4 is 21.6 Å². The Kier molecular flexibility index (Phi) is 3.95. The van der Waals surface area contributed by atoms with Gasteiger partial charge in [0.15, 0.2) is 0 Å². The van der Waals surface area contributed by atoms with Crippen LogP contribution in [-0.2, 0) is 0 Å². The third-order valence-electron chi connectivity index (χ3n) is 4.93. The highest BCUT2D eigenvalue weighted by Gasteiger charge is 2.38. The molecule has 2 atom stereocenters. The number of ether oxygens (including phenoxy) is 1. The topological polar surface area (TPSA) is 24.5 Å². The molecule has 2 bridgehead atoms. The monoisotopic (exact) mass is 338 g/mol. The van der Waals surface area contributed by atoms with Crippen LogP contribution in [-0.4, -0.2) is 37.2 Å². The van der Waals surface area contributed by atoms with Crippen LogP contribution in [0, 0.1) is 6.92 Å². The van der Waals surface area contributed by atoms with Gasteiger partial charge >= 0.3 is 0 Å². The van der Waals surface area contributed by atoms with Crippen molar-refractivity contribution < 1.29 is 4.74 Å². The predicted molar refractivity (Wildman–Crippen MR) is 86.6 cm³/mol. The molecule has 0 radical (unpaired) electrons. The number of anilines is 1. The van der Waals surface area contributed by atoms with Crippen molar-refractivity contribution in [1.82, 2.24) is 4.90 Å². The lowest BCUT2D eigenvalue weighted by Gasteiger charge is -2.37. The first-order valence-electron chi connectivity index (χ1n) is 7.41. The second-order valence-corrected chi connectivity index (χ2v) is 7.08. The van der Waals surface area contributed by atoms with E-state index in [0.29, 0.717) is 6.04 Å². The van der Waals surface area contributed by atoms with Crippen LogP contribution in [0.5, 0.6) is 5.75 Å². The van der Waals surface area contributed by atoms with Gasteiger partial charge in [-0.3, -0.25) is 0 Å². The van der Waals surface area contributed by atoms with E-state index < -0.39 is 0 Å². The van der Waals surface area contributed by atoms with Crippen molar-refractivity contribution in [3.05, 3.63) is 22.2 Å². The molecule has 110 valence electrons. The maximum absolute atomic E-state index is 5.54. The molecule has 0 saturated carbocycles. The fraction of sp³-hybridized carbons (Fsp3) is 0.625. The molecule has 1 aromatic rings. The SMILES string of the molecule is COc1cc(Br)cc(C)c1NC1CC2CCC(C1)N2C. The Balaban J connectivity index is 1.79. The molecule has 0 spiro atoms. The molecule has 1 N–H and O–H groups in total. The van der Waals surface area contributed by atoms with E-state index in [1.165, 1.54) is 31.2 Å². The summed E-state index contributed by atoms with van der Waals surface area (Å²) in [6.07, 6.45) is 5.20. The molecular weight excluding hydrogens is 316 g/mol. The summed E-state index contributed by atoms with van der Waals surface area (Å²) in [6.45, 7) is 2.14. The number of halogens is 1. The molecule has 2 heterocycles. The standard InChI is InChI=1S/C16H23BrN2O/c1-10-6-11(17)7-15(20-3)16(10)18-12-8-13-4-5-14(9-12)19(13)2/h6-7,12-14,18H,4-5,8-9H2,1-3H3. The molecule has 3 nitrogen and oxygen atoms in total. The van der Waals surface area contributed by atoms with Crippen molar-refractivity contribution in [1.29, 1.82) is 0 Å². The van der Waals surface area contributed by atoms with Gasteiger partial charge in [0.05, 0.1) is 12.8 Å². The summed E-state index contributed by atoms with van der Waals surface area (Å²) in [5.41, 5.74) is 2.40. The van der Waals surface area contributed by atoms with E-state index in [4.69, 9.17) is 4.74 Å². The smallest absolute Gasteiger partial charge is 0.143 e. The zero-order valence-corrected chi connectivity index (χ0v) is 14.0. The maximum Gasteiger partial charge on any atom is 0.143 e. The van der Waals surface area contributed by atoms with Crippen LogP contribution in [0.3, 0.4) is 0 Å². The normalized spacial score (nSPS) is 29.5. The number of methoxy groups -OCH3 is 1. The van der Waals surface area contributed by atoms with Crippen molar-refractivity contribution in [2.24, 2.45) is 0 Å². The van der Waals surface area contributed by atoms with Gasteiger partial charge in [-0.05, 0) is 57.4 Å². The average Bonchev–Trinajstić information content (AvgIpc) is 2.64. The van der Waals surface area contributed by atoms with Crippen LogP contribution < -0.4 is 10.1 Å². The minimum absolute atomic E-state index is 0.567. The highest BCUT2D eigenvalue weighted by Crippen LogP contribution is 2.38. The van der Waals surface area contributed by atoms with Gasteiger partial charge in [0.1, 0.15) is 5.75 Å². The second kappa shape index (κ2) is 5.57. The van der Waals surface area contributed by atoms with Gasteiger partial charge in [-0.1, -0.05) is 15.9 Å². The molecular formula is C16H23BrN2O. The number of hydrogen-bond donors (Lipinski definition) is 1. The molecule has 0 aliphatic carbocycles. The van der Waals surface area contributed by atoms with Crippen LogP contribution in [0.1, 0.15) is 31.2 Å². The van der Waals surface area contributed by atoms with E-state index in [1.807, 2.05) is 6.07 Å². The quantitative estimate of drug-likeness (QED) is 0.906. The van der Waals surface area contributed by atoms with Gasteiger partial charge in [-0.2, -0.15) is 0 Å². The van der Waals surface area contributed by atoms with Gasteiger partial charge < -0.3 is 15.0 Å². The van der Waals surface area contributed by atoms with Crippen molar-refractivity contribution in [3.63, 3.8) is 0 Å². The predicted octanol–water partition coefficient (Wildman–Crippen LogP) is 3.80. The molecule has 20 heavy (non-hydrogen) atoms. The number of nitrogens with zero attached hydrogens (tertiary/aromatic N) is 1. The third kappa shape index (κ3) is 2.56. The second-order valence-electron chi connectivity index (χ2n) is 6.16. The lowest BCUT2D eigenvalue weighted by molar-refractivity contribution is 0.168. The molecule has 2 aliphatic rings. The van der Waals surface area contributed by atoms with E-state index >= 15 is 0 Å². The fourth-order valence-corrected chi connectivity index (χ4v) is 4.34. The largest absolute Gasteiger partial charge is 0.495 e. The Bertz CT molecular complexity index is 491. The van der Waals surface area contributed by atoms with Crippen LogP contribution in [0.2, 0.25) is 0 Å². The first kappa shape index (κ1) is 14.2. The lowest BCUT2D eigenvalue weighted by Crippen LogP contribution is -2.44. The van der Waals surface area contributed by atoms with Crippen LogP contribution >= 0.6 is 15.9 Å². The van der Waals surface area contributed by atoms with Crippen molar-refractivity contribution in [2.45, 2.75) is 50.7 Å². The highest BCUT2D eigenvalue weighted by molar-refractivity contribution is 9.10.